The van der Waals surface area contributed by atoms with Crippen molar-refractivity contribution in [1.29, 1.82) is 0 Å². The van der Waals surface area contributed by atoms with Gasteiger partial charge in [0.05, 0.1) is 5.92 Å². The molecule has 1 atom stereocenters. The van der Waals surface area contributed by atoms with E-state index < -0.39 is 11.9 Å². The van der Waals surface area contributed by atoms with E-state index in [4.69, 9.17) is 5.11 Å². The predicted molar refractivity (Wildman–Crippen MR) is 74.1 cm³/mol. The second-order valence-electron chi connectivity index (χ2n) is 5.39. The lowest BCUT2D eigenvalue weighted by Gasteiger charge is -2.27. The number of hydrogen-bond donors (Lipinski definition) is 2. The summed E-state index contributed by atoms with van der Waals surface area (Å²) in [5.41, 5.74) is 0. The fourth-order valence-corrected chi connectivity index (χ4v) is 2.55. The third kappa shape index (κ3) is 5.09. The first-order chi connectivity index (χ1) is 9.06. The summed E-state index contributed by atoms with van der Waals surface area (Å²) in [6.45, 7) is 2.03. The summed E-state index contributed by atoms with van der Waals surface area (Å²) in [7, 11) is 1.81. The van der Waals surface area contributed by atoms with E-state index in [0.29, 0.717) is 12.5 Å². The van der Waals surface area contributed by atoms with Gasteiger partial charge in [-0.05, 0) is 19.3 Å². The molecule has 0 bridgehead atoms. The van der Waals surface area contributed by atoms with E-state index in [-0.39, 0.29) is 12.6 Å². The van der Waals surface area contributed by atoms with Crippen LogP contribution in [0.1, 0.15) is 51.9 Å². The van der Waals surface area contributed by atoms with Crippen LogP contribution in [-0.4, -0.2) is 41.6 Å². The molecule has 0 heterocycles. The van der Waals surface area contributed by atoms with Crippen LogP contribution >= 0.6 is 0 Å². The Hall–Kier alpha value is -1.26. The molecule has 1 saturated carbocycles. The minimum atomic E-state index is -0.847. The summed E-state index contributed by atoms with van der Waals surface area (Å²) in [4.78, 5) is 24.7. The number of carbonyl (C=O) groups is 2. The lowest BCUT2D eigenvalue weighted by molar-refractivity contribution is -0.141. The van der Waals surface area contributed by atoms with E-state index in [9.17, 15) is 9.59 Å². The zero-order valence-electron chi connectivity index (χ0n) is 12.0. The second kappa shape index (κ2) is 8.02. The molecule has 1 unspecified atom stereocenters. The zero-order chi connectivity index (χ0) is 14.3. The molecule has 0 aromatic carbocycles. The van der Waals surface area contributed by atoms with Crippen LogP contribution in [0.2, 0.25) is 0 Å². The van der Waals surface area contributed by atoms with Crippen molar-refractivity contribution < 1.29 is 14.7 Å². The fourth-order valence-electron chi connectivity index (χ4n) is 2.55. The first kappa shape index (κ1) is 15.8. The average molecular weight is 270 g/mol. The van der Waals surface area contributed by atoms with Crippen LogP contribution in [0.4, 0.5) is 4.79 Å². The Morgan fingerprint density at radius 3 is 2.32 bits per heavy atom. The SMILES string of the molecule is CCC(CNC(=O)N(C)C1CCCCCC1)C(=O)O. The molecule has 2 amide bonds. The van der Waals surface area contributed by atoms with E-state index in [0.717, 1.165) is 12.8 Å². The third-order valence-corrected chi connectivity index (χ3v) is 4.03. The van der Waals surface area contributed by atoms with Gasteiger partial charge in [0.2, 0.25) is 0 Å². The van der Waals surface area contributed by atoms with Gasteiger partial charge >= 0.3 is 12.0 Å². The molecule has 0 aliphatic heterocycles. The van der Waals surface area contributed by atoms with Crippen molar-refractivity contribution in [2.75, 3.05) is 13.6 Å². The van der Waals surface area contributed by atoms with Crippen molar-refractivity contribution in [3.8, 4) is 0 Å². The molecule has 0 aromatic rings. The second-order valence-corrected chi connectivity index (χ2v) is 5.39. The highest BCUT2D eigenvalue weighted by molar-refractivity contribution is 5.76. The lowest BCUT2D eigenvalue weighted by atomic mass is 10.1. The molecule has 2 N–H and O–H groups in total. The van der Waals surface area contributed by atoms with Crippen LogP contribution in [0.15, 0.2) is 0 Å². The van der Waals surface area contributed by atoms with Gasteiger partial charge in [-0.15, -0.1) is 0 Å². The van der Waals surface area contributed by atoms with Crippen LogP contribution in [-0.2, 0) is 4.79 Å². The van der Waals surface area contributed by atoms with Crippen LogP contribution in [0, 0.1) is 5.92 Å². The molecule has 1 aliphatic carbocycles. The molecular weight excluding hydrogens is 244 g/mol. The molecule has 5 nitrogen and oxygen atoms in total. The Bertz CT molecular complexity index is 299. The van der Waals surface area contributed by atoms with Gasteiger partial charge in [0, 0.05) is 19.6 Å². The number of carboxylic acids is 1. The number of amides is 2. The summed E-state index contributed by atoms with van der Waals surface area (Å²) in [5.74, 6) is -1.34. The Morgan fingerprint density at radius 1 is 1.26 bits per heavy atom. The van der Waals surface area contributed by atoms with Gasteiger partial charge in [-0.25, -0.2) is 4.79 Å². The maximum absolute atomic E-state index is 12.0. The molecule has 1 aliphatic rings. The Morgan fingerprint density at radius 2 is 1.84 bits per heavy atom. The number of rotatable bonds is 5. The topological polar surface area (TPSA) is 69.6 Å². The largest absolute Gasteiger partial charge is 0.481 e. The third-order valence-electron chi connectivity index (χ3n) is 4.03. The smallest absolute Gasteiger partial charge is 0.317 e. The van der Waals surface area contributed by atoms with E-state index in [2.05, 4.69) is 5.32 Å². The highest BCUT2D eigenvalue weighted by atomic mass is 16.4. The van der Waals surface area contributed by atoms with Crippen LogP contribution in [0.25, 0.3) is 0 Å². The van der Waals surface area contributed by atoms with E-state index in [1.807, 2.05) is 14.0 Å². The molecule has 1 fully saturated rings. The minimum Gasteiger partial charge on any atom is -0.481 e. The number of urea groups is 1. The Kier molecular flexibility index (Phi) is 6.67. The van der Waals surface area contributed by atoms with Crippen molar-refractivity contribution in [2.45, 2.75) is 57.9 Å². The molecule has 110 valence electrons. The number of hydrogen-bond acceptors (Lipinski definition) is 2. The van der Waals surface area contributed by atoms with E-state index in [1.165, 1.54) is 25.7 Å². The highest BCUT2D eigenvalue weighted by Crippen LogP contribution is 2.21. The molecule has 0 radical (unpaired) electrons. The summed E-state index contributed by atoms with van der Waals surface area (Å²) in [6, 6.07) is 0.152. The summed E-state index contributed by atoms with van der Waals surface area (Å²) < 4.78 is 0. The van der Waals surface area contributed by atoms with Crippen LogP contribution < -0.4 is 5.32 Å². The monoisotopic (exact) mass is 270 g/mol. The van der Waals surface area contributed by atoms with E-state index in [1.54, 1.807) is 4.90 Å². The fraction of sp³-hybridized carbons (Fsp3) is 0.857. The van der Waals surface area contributed by atoms with Crippen LogP contribution in [0.3, 0.4) is 0 Å². The first-order valence-corrected chi connectivity index (χ1v) is 7.29. The minimum absolute atomic E-state index is 0.147. The molecular formula is C14H26N2O3. The summed E-state index contributed by atoms with van der Waals surface area (Å²) in [5, 5.41) is 11.7. The number of aliphatic carboxylic acids is 1. The predicted octanol–water partition coefficient (Wildman–Crippen LogP) is 2.46. The first-order valence-electron chi connectivity index (χ1n) is 7.29. The van der Waals surface area contributed by atoms with Crippen molar-refractivity contribution in [1.82, 2.24) is 10.2 Å². The summed E-state index contributed by atoms with van der Waals surface area (Å²) in [6.07, 6.45) is 7.50. The van der Waals surface area contributed by atoms with Gasteiger partial charge in [0.1, 0.15) is 0 Å². The highest BCUT2D eigenvalue weighted by Gasteiger charge is 2.22. The summed E-state index contributed by atoms with van der Waals surface area (Å²) >= 11 is 0. The number of nitrogens with zero attached hydrogens (tertiary/aromatic N) is 1. The number of carbonyl (C=O) groups excluding carboxylic acids is 1. The van der Waals surface area contributed by atoms with Crippen molar-refractivity contribution in [3.63, 3.8) is 0 Å². The molecule has 5 heteroatoms. The Labute approximate surface area is 115 Å². The molecule has 0 saturated heterocycles. The van der Waals surface area contributed by atoms with E-state index >= 15 is 0 Å². The van der Waals surface area contributed by atoms with Gasteiger partial charge in [0.15, 0.2) is 0 Å². The molecule has 0 spiro atoms. The molecule has 19 heavy (non-hydrogen) atoms. The van der Waals surface area contributed by atoms with Crippen molar-refractivity contribution in [3.05, 3.63) is 0 Å². The zero-order valence-corrected chi connectivity index (χ0v) is 12.0. The standard InChI is InChI=1S/C14H26N2O3/c1-3-11(13(17)18)10-15-14(19)16(2)12-8-6-4-5-7-9-12/h11-12H,3-10H2,1-2H3,(H,15,19)(H,17,18). The van der Waals surface area contributed by atoms with Crippen LogP contribution in [0.5, 0.6) is 0 Å². The molecule has 0 aromatic heterocycles. The van der Waals surface area contributed by atoms with Gasteiger partial charge in [0.25, 0.3) is 0 Å². The lowest BCUT2D eigenvalue weighted by Crippen LogP contribution is -2.45. The maximum Gasteiger partial charge on any atom is 0.317 e. The number of nitrogens with one attached hydrogen (secondary N) is 1. The van der Waals surface area contributed by atoms with Crippen molar-refractivity contribution in [2.24, 2.45) is 5.92 Å². The average Bonchev–Trinajstić information content (AvgIpc) is 2.66. The van der Waals surface area contributed by atoms with Gasteiger partial charge in [-0.2, -0.15) is 0 Å². The van der Waals surface area contributed by atoms with Gasteiger partial charge in [-0.1, -0.05) is 32.6 Å². The molecule has 1 rings (SSSR count). The number of carboxylic acid groups (broad SMARTS) is 1. The van der Waals surface area contributed by atoms with Gasteiger partial charge in [-0.3, -0.25) is 4.79 Å². The maximum atomic E-state index is 12.0. The Balaban J connectivity index is 2.40. The quantitative estimate of drug-likeness (QED) is 0.754. The van der Waals surface area contributed by atoms with Crippen molar-refractivity contribution >= 4 is 12.0 Å². The normalized spacial score (nSPS) is 18.4. The van der Waals surface area contributed by atoms with Gasteiger partial charge < -0.3 is 15.3 Å².